The molecule has 0 aliphatic carbocycles. The van der Waals surface area contributed by atoms with Crippen molar-refractivity contribution in [2.24, 2.45) is 0 Å². The number of Topliss-reactive ketones (excluding diaryl/α,β-unsaturated/α-hetero) is 1. The topological polar surface area (TPSA) is 17.1 Å². The minimum Gasteiger partial charge on any atom is -0.294 e. The van der Waals surface area contributed by atoms with E-state index in [2.05, 4.69) is 31.9 Å². The molecule has 0 saturated carbocycles. The molecule has 0 fully saturated rings. The molecule has 0 saturated heterocycles. The second-order valence-electron chi connectivity index (χ2n) is 3.46. The minimum absolute atomic E-state index is 0.0983. The van der Waals surface area contributed by atoms with E-state index in [-0.39, 0.29) is 5.78 Å². The molecular weight excluding hydrogens is 387 g/mol. The van der Waals surface area contributed by atoms with Gasteiger partial charge in [0.15, 0.2) is 5.78 Å². The Labute approximate surface area is 125 Å². The molecule has 0 spiro atoms. The van der Waals surface area contributed by atoms with E-state index in [1.807, 2.05) is 18.2 Å². The van der Waals surface area contributed by atoms with Crippen molar-refractivity contribution in [2.45, 2.75) is 6.42 Å². The smallest absolute Gasteiger partial charge is 0.169 e. The fraction of sp³-hybridized carbons (Fsp3) is 0.0833. The Morgan fingerprint density at radius 1 is 1.24 bits per heavy atom. The molecule has 0 N–H and O–H groups in total. The lowest BCUT2D eigenvalue weighted by Gasteiger charge is -2.00. The highest BCUT2D eigenvalue weighted by atomic mass is 79.9. The number of hydrogen-bond acceptors (Lipinski definition) is 2. The lowest BCUT2D eigenvalue weighted by molar-refractivity contribution is 0.0993. The first-order valence-electron chi connectivity index (χ1n) is 4.79. The summed E-state index contributed by atoms with van der Waals surface area (Å²) in [5.74, 6) is 0.0983. The molecule has 2 rings (SSSR count). The van der Waals surface area contributed by atoms with Gasteiger partial charge in [-0.15, -0.1) is 11.3 Å². The standard InChI is InChI=1S/C12H7Br2ClOS/c13-11-6-9(12(14)17-11)10(16)5-7-1-3-8(15)4-2-7/h1-4,6H,5H2. The van der Waals surface area contributed by atoms with Crippen molar-refractivity contribution in [3.8, 4) is 0 Å². The van der Waals surface area contributed by atoms with Crippen molar-refractivity contribution < 1.29 is 4.79 Å². The van der Waals surface area contributed by atoms with E-state index >= 15 is 0 Å². The monoisotopic (exact) mass is 392 g/mol. The van der Waals surface area contributed by atoms with Gasteiger partial charge in [-0.2, -0.15) is 0 Å². The predicted molar refractivity (Wildman–Crippen MR) is 79.2 cm³/mol. The molecule has 5 heteroatoms. The summed E-state index contributed by atoms with van der Waals surface area (Å²) in [4.78, 5) is 12.1. The maximum Gasteiger partial charge on any atom is 0.169 e. The van der Waals surface area contributed by atoms with Crippen LogP contribution in [0.4, 0.5) is 0 Å². The summed E-state index contributed by atoms with van der Waals surface area (Å²) in [7, 11) is 0. The summed E-state index contributed by atoms with van der Waals surface area (Å²) in [6.45, 7) is 0. The lowest BCUT2D eigenvalue weighted by atomic mass is 10.1. The molecule has 17 heavy (non-hydrogen) atoms. The molecular formula is C12H7Br2ClOS. The molecule has 1 aromatic heterocycles. The summed E-state index contributed by atoms with van der Waals surface area (Å²) in [6.07, 6.45) is 0.388. The highest BCUT2D eigenvalue weighted by Crippen LogP contribution is 2.32. The Morgan fingerprint density at radius 3 is 2.41 bits per heavy atom. The normalized spacial score (nSPS) is 10.5. The molecule has 1 aromatic carbocycles. The van der Waals surface area contributed by atoms with Gasteiger partial charge in [-0.1, -0.05) is 23.7 Å². The highest BCUT2D eigenvalue weighted by Gasteiger charge is 2.13. The van der Waals surface area contributed by atoms with Crippen molar-refractivity contribution in [3.05, 3.63) is 54.1 Å². The molecule has 88 valence electrons. The van der Waals surface area contributed by atoms with Gasteiger partial charge >= 0.3 is 0 Å². The molecule has 0 aliphatic heterocycles. The van der Waals surface area contributed by atoms with Crippen molar-refractivity contribution in [2.75, 3.05) is 0 Å². The summed E-state index contributed by atoms with van der Waals surface area (Å²) in [6, 6.07) is 9.17. The van der Waals surface area contributed by atoms with Crippen LogP contribution in [0.25, 0.3) is 0 Å². The molecule has 1 nitrogen and oxygen atoms in total. The van der Waals surface area contributed by atoms with E-state index in [0.717, 1.165) is 18.7 Å². The first kappa shape index (κ1) is 13.3. The van der Waals surface area contributed by atoms with E-state index in [0.29, 0.717) is 11.4 Å². The zero-order valence-corrected chi connectivity index (χ0v) is 13.3. The van der Waals surface area contributed by atoms with Crippen LogP contribution >= 0.6 is 54.8 Å². The number of halogens is 3. The number of carbonyl (C=O) groups excluding carboxylic acids is 1. The van der Waals surface area contributed by atoms with Crippen LogP contribution < -0.4 is 0 Å². The van der Waals surface area contributed by atoms with Crippen LogP contribution in [-0.2, 0) is 6.42 Å². The third kappa shape index (κ3) is 3.41. The Hall–Kier alpha value is -0.160. The van der Waals surface area contributed by atoms with Crippen LogP contribution in [0.5, 0.6) is 0 Å². The van der Waals surface area contributed by atoms with Crippen molar-refractivity contribution in [3.63, 3.8) is 0 Å². The predicted octanol–water partition coefficient (Wildman–Crippen LogP) is 5.35. The van der Waals surface area contributed by atoms with Gasteiger partial charge in [-0.25, -0.2) is 0 Å². The number of ketones is 1. The number of hydrogen-bond donors (Lipinski definition) is 0. The van der Waals surface area contributed by atoms with Crippen molar-refractivity contribution in [1.82, 2.24) is 0 Å². The van der Waals surface area contributed by atoms with Crippen LogP contribution in [0.1, 0.15) is 15.9 Å². The molecule has 0 radical (unpaired) electrons. The van der Waals surface area contributed by atoms with Crippen LogP contribution in [0, 0.1) is 0 Å². The molecule has 0 bridgehead atoms. The number of rotatable bonds is 3. The second-order valence-corrected chi connectivity index (χ2v) is 7.65. The Balaban J connectivity index is 2.17. The fourth-order valence-electron chi connectivity index (χ4n) is 1.41. The third-order valence-electron chi connectivity index (χ3n) is 2.24. The largest absolute Gasteiger partial charge is 0.294 e. The number of thiophene rings is 1. The average Bonchev–Trinajstić information content (AvgIpc) is 2.61. The zero-order valence-electron chi connectivity index (χ0n) is 8.54. The van der Waals surface area contributed by atoms with Gasteiger partial charge in [0.05, 0.1) is 7.57 Å². The average molecular weight is 395 g/mol. The molecule has 1 heterocycles. The van der Waals surface area contributed by atoms with E-state index in [9.17, 15) is 4.79 Å². The van der Waals surface area contributed by atoms with Crippen molar-refractivity contribution in [1.29, 1.82) is 0 Å². The van der Waals surface area contributed by atoms with Crippen LogP contribution in [0.15, 0.2) is 37.9 Å². The van der Waals surface area contributed by atoms with Gasteiger partial charge in [-0.05, 0) is 55.6 Å². The van der Waals surface area contributed by atoms with E-state index < -0.39 is 0 Å². The number of benzene rings is 1. The first-order valence-corrected chi connectivity index (χ1v) is 7.57. The zero-order chi connectivity index (χ0) is 12.4. The molecule has 0 unspecified atom stereocenters. The summed E-state index contributed by atoms with van der Waals surface area (Å²) >= 11 is 14.1. The number of carbonyl (C=O) groups is 1. The molecule has 2 aromatic rings. The minimum atomic E-state index is 0.0983. The lowest BCUT2D eigenvalue weighted by Crippen LogP contribution is -2.02. The van der Waals surface area contributed by atoms with Crippen molar-refractivity contribution >= 4 is 60.6 Å². The van der Waals surface area contributed by atoms with Gasteiger partial charge in [0.1, 0.15) is 0 Å². The van der Waals surface area contributed by atoms with Gasteiger partial charge in [0.25, 0.3) is 0 Å². The molecule has 0 amide bonds. The maximum absolute atomic E-state index is 12.1. The Kier molecular flexibility index (Phi) is 4.42. The Morgan fingerprint density at radius 2 is 1.88 bits per heavy atom. The second kappa shape index (κ2) is 5.65. The van der Waals surface area contributed by atoms with Gasteiger partial charge in [-0.3, -0.25) is 4.79 Å². The first-order chi connectivity index (χ1) is 8.06. The summed E-state index contributed by atoms with van der Waals surface area (Å²) in [5.41, 5.74) is 1.69. The van der Waals surface area contributed by atoms with Crippen LogP contribution in [0.2, 0.25) is 5.02 Å². The van der Waals surface area contributed by atoms with E-state index in [1.54, 1.807) is 12.1 Å². The Bertz CT molecular complexity index is 548. The van der Waals surface area contributed by atoms with Gasteiger partial charge < -0.3 is 0 Å². The molecule has 0 atom stereocenters. The van der Waals surface area contributed by atoms with Crippen LogP contribution in [-0.4, -0.2) is 5.78 Å². The van der Waals surface area contributed by atoms with Crippen LogP contribution in [0.3, 0.4) is 0 Å². The quantitative estimate of drug-likeness (QED) is 0.641. The van der Waals surface area contributed by atoms with E-state index in [4.69, 9.17) is 11.6 Å². The van der Waals surface area contributed by atoms with Gasteiger partial charge in [0.2, 0.25) is 0 Å². The molecule has 0 aliphatic rings. The fourth-order valence-corrected chi connectivity index (χ4v) is 4.39. The SMILES string of the molecule is O=C(Cc1ccc(Cl)cc1)c1cc(Br)sc1Br. The van der Waals surface area contributed by atoms with E-state index in [1.165, 1.54) is 11.3 Å². The highest BCUT2D eigenvalue weighted by molar-refractivity contribution is 9.12. The maximum atomic E-state index is 12.1. The summed E-state index contributed by atoms with van der Waals surface area (Å²) < 4.78 is 1.81. The van der Waals surface area contributed by atoms with Gasteiger partial charge in [0, 0.05) is 17.0 Å². The third-order valence-corrected chi connectivity index (χ3v) is 4.83. The summed E-state index contributed by atoms with van der Waals surface area (Å²) in [5, 5.41) is 0.681.